The molecular formula is C25H30ClN6OP. The lowest BCUT2D eigenvalue weighted by molar-refractivity contribution is 0.0664. The number of aromatic nitrogens is 2. The summed E-state index contributed by atoms with van der Waals surface area (Å²) in [7, 11) is -2.48. The molecule has 1 aliphatic carbocycles. The fourth-order valence-corrected chi connectivity index (χ4v) is 6.45. The largest absolute Gasteiger partial charge is 0.370 e. The number of anilines is 5. The van der Waals surface area contributed by atoms with Crippen LogP contribution < -0.4 is 26.6 Å². The highest BCUT2D eigenvalue weighted by Gasteiger charge is 2.51. The van der Waals surface area contributed by atoms with Gasteiger partial charge in [0, 0.05) is 41.2 Å². The van der Waals surface area contributed by atoms with Gasteiger partial charge in [0.25, 0.3) is 0 Å². The van der Waals surface area contributed by atoms with Crippen molar-refractivity contribution >= 4 is 52.9 Å². The average Bonchev–Trinajstić information content (AvgIpc) is 2.72. The van der Waals surface area contributed by atoms with Gasteiger partial charge >= 0.3 is 0 Å². The highest BCUT2D eigenvalue weighted by molar-refractivity contribution is 7.70. The maximum absolute atomic E-state index is 12.7. The maximum Gasteiger partial charge on any atom is 0.229 e. The quantitative estimate of drug-likeness (QED) is 0.408. The zero-order chi connectivity index (χ0) is 24.1. The SMILES string of the molecule is Cc1cc(Nc2ncc(Cl)c(Nc3ccccc3P(C)(C)=O)n2)ccc1N1CC2(CC(N)C2)C1. The van der Waals surface area contributed by atoms with E-state index in [0.29, 0.717) is 28.2 Å². The molecule has 178 valence electrons. The van der Waals surface area contributed by atoms with Crippen molar-refractivity contribution in [1.82, 2.24) is 9.97 Å². The second kappa shape index (κ2) is 8.56. The first-order valence-electron chi connectivity index (χ1n) is 11.4. The van der Waals surface area contributed by atoms with E-state index >= 15 is 0 Å². The van der Waals surface area contributed by atoms with Crippen LogP contribution in [0, 0.1) is 12.3 Å². The lowest BCUT2D eigenvalue weighted by Gasteiger charge is -2.59. The Bertz CT molecular complexity index is 1280. The van der Waals surface area contributed by atoms with E-state index in [-0.39, 0.29) is 0 Å². The highest BCUT2D eigenvalue weighted by Crippen LogP contribution is 2.49. The Morgan fingerprint density at radius 1 is 1.15 bits per heavy atom. The summed E-state index contributed by atoms with van der Waals surface area (Å²) in [4.78, 5) is 11.3. The van der Waals surface area contributed by atoms with Crippen molar-refractivity contribution in [3.05, 3.63) is 59.2 Å². The Labute approximate surface area is 205 Å². The third kappa shape index (κ3) is 4.52. The summed E-state index contributed by atoms with van der Waals surface area (Å²) in [6, 6.07) is 14.2. The standard InChI is InChI=1S/C25H30ClN6OP/c1-16-10-18(8-9-21(16)32-14-25(15-32)11-17(27)12-25)29-24-28-13-19(26)23(31-24)30-20-6-4-5-7-22(20)34(2,3)33/h4-10,13,17H,11-12,14-15,27H2,1-3H3,(H2,28,29,30,31). The van der Waals surface area contributed by atoms with E-state index in [0.717, 1.165) is 42.6 Å². The molecule has 2 aliphatic rings. The normalized spacial score (nSPS) is 17.3. The lowest BCUT2D eigenvalue weighted by Crippen LogP contribution is -2.65. The van der Waals surface area contributed by atoms with Gasteiger partial charge in [-0.3, -0.25) is 0 Å². The molecule has 1 aromatic heterocycles. The van der Waals surface area contributed by atoms with E-state index in [4.69, 9.17) is 17.3 Å². The first-order valence-corrected chi connectivity index (χ1v) is 14.4. The Hall–Kier alpha value is -2.60. The summed E-state index contributed by atoms with van der Waals surface area (Å²) < 4.78 is 12.7. The van der Waals surface area contributed by atoms with E-state index in [1.807, 2.05) is 30.3 Å². The van der Waals surface area contributed by atoms with Crippen LogP contribution in [-0.4, -0.2) is 42.4 Å². The second-order valence-corrected chi connectivity index (χ2v) is 13.6. The van der Waals surface area contributed by atoms with E-state index < -0.39 is 7.14 Å². The fraction of sp³-hybridized carbons (Fsp3) is 0.360. The van der Waals surface area contributed by atoms with E-state index in [2.05, 4.69) is 44.6 Å². The van der Waals surface area contributed by atoms with Gasteiger partial charge in [-0.1, -0.05) is 23.7 Å². The van der Waals surface area contributed by atoms with E-state index in [1.54, 1.807) is 19.5 Å². The molecule has 1 saturated heterocycles. The minimum absolute atomic E-state index is 0.385. The molecule has 0 bridgehead atoms. The Morgan fingerprint density at radius 2 is 1.88 bits per heavy atom. The molecule has 0 amide bonds. The van der Waals surface area contributed by atoms with Crippen LogP contribution >= 0.6 is 18.7 Å². The fourth-order valence-electron chi connectivity index (χ4n) is 5.15. The monoisotopic (exact) mass is 496 g/mol. The molecule has 2 fully saturated rings. The molecule has 7 nitrogen and oxygen atoms in total. The number of nitrogens with zero attached hydrogens (tertiary/aromatic N) is 3. The third-order valence-corrected chi connectivity index (χ3v) is 8.54. The minimum Gasteiger partial charge on any atom is -0.370 e. The molecule has 0 unspecified atom stereocenters. The number of nitrogens with one attached hydrogen (secondary N) is 2. The predicted octanol–water partition coefficient (Wildman–Crippen LogP) is 5.10. The molecule has 4 N–H and O–H groups in total. The van der Waals surface area contributed by atoms with E-state index in [1.165, 1.54) is 11.3 Å². The van der Waals surface area contributed by atoms with Crippen LogP contribution in [0.15, 0.2) is 48.7 Å². The predicted molar refractivity (Wildman–Crippen MR) is 142 cm³/mol. The lowest BCUT2D eigenvalue weighted by atomic mass is 9.61. The van der Waals surface area contributed by atoms with E-state index in [9.17, 15) is 4.57 Å². The number of para-hydroxylation sites is 1. The smallest absolute Gasteiger partial charge is 0.229 e. The second-order valence-electron chi connectivity index (χ2n) is 10.0. The summed E-state index contributed by atoms with van der Waals surface area (Å²) >= 11 is 6.37. The zero-order valence-corrected chi connectivity index (χ0v) is 21.3. The summed E-state index contributed by atoms with van der Waals surface area (Å²) in [5.74, 6) is 0.886. The molecule has 1 saturated carbocycles. The molecule has 2 aromatic carbocycles. The van der Waals surface area contributed by atoms with Gasteiger partial charge in [0.1, 0.15) is 12.2 Å². The highest BCUT2D eigenvalue weighted by atomic mass is 35.5. The number of halogens is 1. The summed E-state index contributed by atoms with van der Waals surface area (Å²) in [5.41, 5.74) is 10.5. The van der Waals surface area contributed by atoms with Crippen molar-refractivity contribution in [3.63, 3.8) is 0 Å². The Balaban J connectivity index is 1.31. The number of hydrogen-bond acceptors (Lipinski definition) is 7. The average molecular weight is 497 g/mol. The topological polar surface area (TPSA) is 96.2 Å². The van der Waals surface area contributed by atoms with Crippen LogP contribution in [0.4, 0.5) is 28.8 Å². The minimum atomic E-state index is -2.48. The number of rotatable bonds is 6. The van der Waals surface area contributed by atoms with Crippen molar-refractivity contribution in [2.75, 3.05) is 42.0 Å². The van der Waals surface area contributed by atoms with Gasteiger partial charge in [0.2, 0.25) is 5.95 Å². The number of benzene rings is 2. The van der Waals surface area contributed by atoms with Crippen LogP contribution in [0.25, 0.3) is 0 Å². The molecule has 34 heavy (non-hydrogen) atoms. The van der Waals surface area contributed by atoms with Gasteiger partial charge in [0.15, 0.2) is 5.82 Å². The number of hydrogen-bond donors (Lipinski definition) is 3. The first kappa shape index (κ1) is 23.2. The van der Waals surface area contributed by atoms with Crippen LogP contribution in [0.1, 0.15) is 18.4 Å². The van der Waals surface area contributed by atoms with Crippen molar-refractivity contribution in [2.24, 2.45) is 11.1 Å². The van der Waals surface area contributed by atoms with Crippen LogP contribution in [0.3, 0.4) is 0 Å². The molecular weight excluding hydrogens is 467 g/mol. The van der Waals surface area contributed by atoms with Crippen LogP contribution in [0.2, 0.25) is 5.02 Å². The first-order chi connectivity index (χ1) is 16.1. The van der Waals surface area contributed by atoms with Crippen LogP contribution in [-0.2, 0) is 4.57 Å². The van der Waals surface area contributed by atoms with Crippen molar-refractivity contribution in [1.29, 1.82) is 0 Å². The zero-order valence-electron chi connectivity index (χ0n) is 19.7. The van der Waals surface area contributed by atoms with Gasteiger partial charge in [-0.2, -0.15) is 4.98 Å². The van der Waals surface area contributed by atoms with Crippen molar-refractivity contribution in [2.45, 2.75) is 25.8 Å². The maximum atomic E-state index is 12.7. The molecule has 3 aromatic rings. The third-order valence-electron chi connectivity index (χ3n) is 6.72. The number of aryl methyl sites for hydroxylation is 1. The van der Waals surface area contributed by atoms with Crippen molar-refractivity contribution in [3.8, 4) is 0 Å². The summed E-state index contributed by atoms with van der Waals surface area (Å²) in [6.07, 6.45) is 3.85. The van der Waals surface area contributed by atoms with Crippen LogP contribution in [0.5, 0.6) is 0 Å². The van der Waals surface area contributed by atoms with Gasteiger partial charge in [0.05, 0.1) is 11.9 Å². The molecule has 2 heterocycles. The van der Waals surface area contributed by atoms with Gasteiger partial charge in [-0.25, -0.2) is 4.98 Å². The molecule has 5 rings (SSSR count). The van der Waals surface area contributed by atoms with Gasteiger partial charge < -0.3 is 25.8 Å². The molecule has 1 spiro atoms. The Morgan fingerprint density at radius 3 is 2.56 bits per heavy atom. The van der Waals surface area contributed by atoms with Gasteiger partial charge in [-0.15, -0.1) is 0 Å². The summed E-state index contributed by atoms with van der Waals surface area (Å²) in [6.45, 7) is 7.80. The number of nitrogens with two attached hydrogens (primary N) is 1. The molecule has 0 atom stereocenters. The molecule has 9 heteroatoms. The van der Waals surface area contributed by atoms with Crippen molar-refractivity contribution < 1.29 is 4.57 Å². The molecule has 1 aliphatic heterocycles. The Kier molecular flexibility index (Phi) is 5.83. The molecule has 0 radical (unpaired) electrons. The van der Waals surface area contributed by atoms with Gasteiger partial charge in [-0.05, 0) is 69.0 Å². The summed E-state index contributed by atoms with van der Waals surface area (Å²) in [5, 5.41) is 7.65.